The van der Waals surface area contributed by atoms with Gasteiger partial charge in [0, 0.05) is 16.8 Å². The Kier molecular flexibility index (Phi) is 7.24. The Morgan fingerprint density at radius 3 is 2.58 bits per heavy atom. The quantitative estimate of drug-likeness (QED) is 0.792. The molecule has 0 bridgehead atoms. The monoisotopic (exact) mass is 351 g/mol. The predicted molar refractivity (Wildman–Crippen MR) is 97.8 cm³/mol. The van der Waals surface area contributed by atoms with Crippen LogP contribution in [0.4, 0.5) is 0 Å². The van der Waals surface area contributed by atoms with E-state index in [1.165, 1.54) is 0 Å². The van der Waals surface area contributed by atoms with Gasteiger partial charge in [-0.05, 0) is 50.2 Å². The van der Waals surface area contributed by atoms with Crippen molar-refractivity contribution in [3.05, 3.63) is 22.4 Å². The molecule has 134 valence electrons. The Morgan fingerprint density at radius 2 is 2.00 bits per heavy atom. The first kappa shape index (κ1) is 18.9. The number of carbonyl (C=O) groups is 2. The van der Waals surface area contributed by atoms with Crippen molar-refractivity contribution in [3.8, 4) is 0 Å². The fraction of sp³-hybridized carbons (Fsp3) is 0.667. The lowest BCUT2D eigenvalue weighted by atomic mass is 9.95. The fourth-order valence-electron chi connectivity index (χ4n) is 2.72. The molecule has 1 fully saturated rings. The highest BCUT2D eigenvalue weighted by atomic mass is 32.1. The maximum Gasteiger partial charge on any atom is 0.234 e. The zero-order valence-electron chi connectivity index (χ0n) is 14.9. The van der Waals surface area contributed by atoms with Crippen LogP contribution in [0, 0.1) is 11.8 Å². The van der Waals surface area contributed by atoms with Crippen LogP contribution in [0.5, 0.6) is 0 Å². The zero-order chi connectivity index (χ0) is 17.5. The summed E-state index contributed by atoms with van der Waals surface area (Å²) in [6.45, 7) is 8.91. The normalized spacial score (nSPS) is 17.7. The summed E-state index contributed by atoms with van der Waals surface area (Å²) in [6, 6.07) is 4.22. The molecule has 1 saturated heterocycles. The molecule has 0 radical (unpaired) electrons. The highest BCUT2D eigenvalue weighted by Gasteiger charge is 2.26. The number of amides is 2. The van der Waals surface area contributed by atoms with E-state index < -0.39 is 0 Å². The minimum atomic E-state index is 0.0553. The SMILES string of the molecule is CC(C)C(C)NC(=O)C1CCN(CC(=O)NCc2cccs2)CC1. The van der Waals surface area contributed by atoms with Crippen molar-refractivity contribution in [2.24, 2.45) is 11.8 Å². The van der Waals surface area contributed by atoms with Crippen LogP contribution in [0.25, 0.3) is 0 Å². The third-order valence-electron chi connectivity index (χ3n) is 4.74. The summed E-state index contributed by atoms with van der Waals surface area (Å²) < 4.78 is 0. The molecule has 1 aromatic rings. The topological polar surface area (TPSA) is 61.4 Å². The molecule has 2 N–H and O–H groups in total. The first-order valence-corrected chi connectivity index (χ1v) is 9.65. The summed E-state index contributed by atoms with van der Waals surface area (Å²) in [5.41, 5.74) is 0. The summed E-state index contributed by atoms with van der Waals surface area (Å²) in [5.74, 6) is 0.746. The lowest BCUT2D eigenvalue weighted by molar-refractivity contribution is -0.127. The molecule has 24 heavy (non-hydrogen) atoms. The van der Waals surface area contributed by atoms with Gasteiger partial charge in [-0.2, -0.15) is 0 Å². The van der Waals surface area contributed by atoms with Crippen molar-refractivity contribution < 1.29 is 9.59 Å². The second-order valence-corrected chi connectivity index (χ2v) is 7.98. The Balaban J connectivity index is 1.66. The smallest absolute Gasteiger partial charge is 0.234 e. The number of likely N-dealkylation sites (tertiary alicyclic amines) is 1. The standard InChI is InChI=1S/C18H29N3O2S/c1-13(2)14(3)20-18(23)15-6-8-21(9-7-15)12-17(22)19-11-16-5-4-10-24-16/h4-5,10,13-15H,6-9,11-12H2,1-3H3,(H,19,22)(H,20,23). The van der Waals surface area contributed by atoms with Crippen LogP contribution in [-0.2, 0) is 16.1 Å². The highest BCUT2D eigenvalue weighted by molar-refractivity contribution is 7.09. The summed E-state index contributed by atoms with van der Waals surface area (Å²) in [4.78, 5) is 27.6. The van der Waals surface area contributed by atoms with Crippen molar-refractivity contribution >= 4 is 23.2 Å². The number of thiophene rings is 1. The van der Waals surface area contributed by atoms with E-state index >= 15 is 0 Å². The molecule has 0 aromatic carbocycles. The number of hydrogen-bond acceptors (Lipinski definition) is 4. The van der Waals surface area contributed by atoms with E-state index in [1.807, 2.05) is 17.5 Å². The largest absolute Gasteiger partial charge is 0.353 e. The summed E-state index contributed by atoms with van der Waals surface area (Å²) in [7, 11) is 0. The van der Waals surface area contributed by atoms with Gasteiger partial charge < -0.3 is 10.6 Å². The maximum atomic E-state index is 12.3. The highest BCUT2D eigenvalue weighted by Crippen LogP contribution is 2.18. The summed E-state index contributed by atoms with van der Waals surface area (Å²) >= 11 is 1.65. The Morgan fingerprint density at radius 1 is 1.29 bits per heavy atom. The van der Waals surface area contributed by atoms with Gasteiger partial charge in [-0.3, -0.25) is 14.5 Å². The molecule has 0 aliphatic carbocycles. The second kappa shape index (κ2) is 9.18. The van der Waals surface area contributed by atoms with Crippen LogP contribution in [0.3, 0.4) is 0 Å². The Bertz CT molecular complexity index is 522. The molecule has 5 nitrogen and oxygen atoms in total. The summed E-state index contributed by atoms with van der Waals surface area (Å²) in [5, 5.41) is 8.07. The van der Waals surface area contributed by atoms with Gasteiger partial charge in [0.2, 0.25) is 11.8 Å². The van der Waals surface area contributed by atoms with Gasteiger partial charge in [0.15, 0.2) is 0 Å². The van der Waals surface area contributed by atoms with Crippen molar-refractivity contribution in [2.45, 2.75) is 46.2 Å². The van der Waals surface area contributed by atoms with Gasteiger partial charge in [-0.1, -0.05) is 19.9 Å². The number of rotatable bonds is 7. The molecule has 0 spiro atoms. The van der Waals surface area contributed by atoms with Crippen molar-refractivity contribution in [1.29, 1.82) is 0 Å². The molecule has 1 aliphatic heterocycles. The van der Waals surface area contributed by atoms with Gasteiger partial charge in [0.25, 0.3) is 0 Å². The van der Waals surface area contributed by atoms with Gasteiger partial charge in [-0.25, -0.2) is 0 Å². The van der Waals surface area contributed by atoms with Crippen LogP contribution in [0.2, 0.25) is 0 Å². The first-order chi connectivity index (χ1) is 11.5. The van der Waals surface area contributed by atoms with Crippen molar-refractivity contribution in [2.75, 3.05) is 19.6 Å². The number of piperidine rings is 1. The van der Waals surface area contributed by atoms with E-state index in [-0.39, 0.29) is 23.8 Å². The van der Waals surface area contributed by atoms with Gasteiger partial charge >= 0.3 is 0 Å². The van der Waals surface area contributed by atoms with Crippen LogP contribution < -0.4 is 10.6 Å². The van der Waals surface area contributed by atoms with E-state index in [0.717, 1.165) is 30.8 Å². The molecule has 1 aromatic heterocycles. The van der Waals surface area contributed by atoms with Gasteiger partial charge in [0.05, 0.1) is 13.1 Å². The van der Waals surface area contributed by atoms with E-state index in [9.17, 15) is 9.59 Å². The third-order valence-corrected chi connectivity index (χ3v) is 5.61. The maximum absolute atomic E-state index is 12.3. The number of carbonyl (C=O) groups excluding carboxylic acids is 2. The number of hydrogen-bond donors (Lipinski definition) is 2. The molecule has 2 amide bonds. The fourth-order valence-corrected chi connectivity index (χ4v) is 3.36. The van der Waals surface area contributed by atoms with Crippen molar-refractivity contribution in [3.63, 3.8) is 0 Å². The summed E-state index contributed by atoms with van der Waals surface area (Å²) in [6.07, 6.45) is 1.66. The molecule has 2 rings (SSSR count). The predicted octanol–water partition coefficient (Wildman–Crippen LogP) is 2.24. The molecule has 0 saturated carbocycles. The number of nitrogens with zero attached hydrogens (tertiary/aromatic N) is 1. The molecule has 6 heteroatoms. The molecule has 1 unspecified atom stereocenters. The minimum absolute atomic E-state index is 0.0553. The average Bonchev–Trinajstić information content (AvgIpc) is 3.07. The average molecular weight is 352 g/mol. The second-order valence-electron chi connectivity index (χ2n) is 6.95. The van der Waals surface area contributed by atoms with E-state index in [4.69, 9.17) is 0 Å². The van der Waals surface area contributed by atoms with E-state index in [2.05, 4.69) is 36.3 Å². The molecule has 1 atom stereocenters. The van der Waals surface area contributed by atoms with E-state index in [1.54, 1.807) is 11.3 Å². The number of nitrogens with one attached hydrogen (secondary N) is 2. The molecule has 2 heterocycles. The lowest BCUT2D eigenvalue weighted by Crippen LogP contribution is -2.46. The zero-order valence-corrected chi connectivity index (χ0v) is 15.7. The van der Waals surface area contributed by atoms with Crippen LogP contribution in [0.15, 0.2) is 17.5 Å². The minimum Gasteiger partial charge on any atom is -0.353 e. The molecule has 1 aliphatic rings. The van der Waals surface area contributed by atoms with Crippen LogP contribution >= 0.6 is 11.3 Å². The lowest BCUT2D eigenvalue weighted by Gasteiger charge is -2.31. The Labute approximate surface area is 148 Å². The Hall–Kier alpha value is -1.40. The molecular formula is C18H29N3O2S. The molecular weight excluding hydrogens is 322 g/mol. The van der Waals surface area contributed by atoms with E-state index in [0.29, 0.717) is 19.0 Å². The van der Waals surface area contributed by atoms with Gasteiger partial charge in [-0.15, -0.1) is 11.3 Å². The third kappa shape index (κ3) is 5.91. The van der Waals surface area contributed by atoms with Crippen molar-refractivity contribution in [1.82, 2.24) is 15.5 Å². The van der Waals surface area contributed by atoms with Crippen LogP contribution in [0.1, 0.15) is 38.5 Å². The van der Waals surface area contributed by atoms with Crippen LogP contribution in [-0.4, -0.2) is 42.4 Å². The first-order valence-electron chi connectivity index (χ1n) is 8.77. The van der Waals surface area contributed by atoms with Gasteiger partial charge in [0.1, 0.15) is 0 Å².